The summed E-state index contributed by atoms with van der Waals surface area (Å²) >= 11 is 0. The van der Waals surface area contributed by atoms with Crippen molar-refractivity contribution in [1.29, 1.82) is 5.26 Å². The van der Waals surface area contributed by atoms with Crippen LogP contribution in [0, 0.1) is 17.1 Å². The van der Waals surface area contributed by atoms with Crippen LogP contribution in [0.5, 0.6) is 17.2 Å². The van der Waals surface area contributed by atoms with E-state index in [9.17, 15) is 4.39 Å². The Morgan fingerprint density at radius 2 is 2.12 bits per heavy atom. The number of benzene rings is 2. The van der Waals surface area contributed by atoms with Gasteiger partial charge in [0.2, 0.25) is 5.82 Å². The van der Waals surface area contributed by atoms with Gasteiger partial charge < -0.3 is 14.8 Å². The number of anilines is 1. The summed E-state index contributed by atoms with van der Waals surface area (Å²) in [7, 11) is 1.54. The molecule has 0 radical (unpaired) electrons. The van der Waals surface area contributed by atoms with Gasteiger partial charge >= 0.3 is 0 Å². The molecule has 0 aliphatic heterocycles. The zero-order valence-corrected chi connectivity index (χ0v) is 13.6. The predicted molar refractivity (Wildman–Crippen MR) is 90.9 cm³/mol. The van der Waals surface area contributed by atoms with Gasteiger partial charge in [0.05, 0.1) is 7.11 Å². The maximum atomic E-state index is 14.3. The highest BCUT2D eigenvalue weighted by Gasteiger charge is 2.08. The lowest BCUT2D eigenvalue weighted by atomic mass is 10.2. The number of methoxy groups -OCH3 is 1. The zero-order chi connectivity index (χ0) is 18.4. The van der Waals surface area contributed by atoms with E-state index in [1.807, 2.05) is 6.07 Å². The molecule has 0 atom stereocenters. The number of H-pyrrole nitrogens is 1. The molecule has 0 unspecified atom stereocenters. The fraction of sp³-hybridized carbons (Fsp3) is 0.0588. The first-order valence-electron chi connectivity index (χ1n) is 7.41. The molecule has 0 spiro atoms. The van der Waals surface area contributed by atoms with Crippen molar-refractivity contribution in [3.63, 3.8) is 0 Å². The van der Waals surface area contributed by atoms with Gasteiger partial charge in [-0.1, -0.05) is 6.07 Å². The molecule has 1 aromatic heterocycles. The van der Waals surface area contributed by atoms with Crippen LogP contribution < -0.4 is 14.8 Å². The van der Waals surface area contributed by atoms with Gasteiger partial charge in [-0.3, -0.25) is 0 Å². The maximum absolute atomic E-state index is 14.3. The van der Waals surface area contributed by atoms with E-state index in [0.717, 1.165) is 0 Å². The van der Waals surface area contributed by atoms with Gasteiger partial charge in [0, 0.05) is 24.0 Å². The van der Waals surface area contributed by atoms with Crippen LogP contribution in [0.1, 0.15) is 5.82 Å². The largest absolute Gasteiger partial charge is 0.497 e. The minimum atomic E-state index is -0.565. The highest BCUT2D eigenvalue weighted by atomic mass is 19.1. The van der Waals surface area contributed by atoms with Crippen molar-refractivity contribution in [2.24, 2.45) is 0 Å². The number of hydrogen-bond acceptors (Lipinski definition) is 7. The highest BCUT2D eigenvalue weighted by molar-refractivity contribution is 5.74. The Kier molecular flexibility index (Phi) is 5.05. The molecule has 0 fully saturated rings. The van der Waals surface area contributed by atoms with Crippen LogP contribution in [0.15, 0.2) is 48.7 Å². The molecule has 2 aromatic carbocycles. The Balaban J connectivity index is 1.74. The second kappa shape index (κ2) is 7.76. The summed E-state index contributed by atoms with van der Waals surface area (Å²) in [6.45, 7) is 0. The first-order chi connectivity index (χ1) is 12.7. The standard InChI is InChI=1S/C17H13FN6O2/c1-25-13-3-2-4-14(8-13)26-16-6-5-12(7-15(16)18)20-10-11(9-19)17-21-23-24-22-17/h2-8,10,20H,1H3,(H,21,22,23,24). The van der Waals surface area contributed by atoms with Gasteiger partial charge in [0.25, 0.3) is 0 Å². The molecule has 9 heteroatoms. The van der Waals surface area contributed by atoms with Gasteiger partial charge in [0.1, 0.15) is 23.1 Å². The molecule has 3 aromatic rings. The molecular formula is C17H13FN6O2. The monoisotopic (exact) mass is 352 g/mol. The summed E-state index contributed by atoms with van der Waals surface area (Å²) in [5.74, 6) is 0.693. The molecule has 0 aliphatic rings. The van der Waals surface area contributed by atoms with Crippen molar-refractivity contribution in [1.82, 2.24) is 20.6 Å². The number of halogens is 1. The molecule has 0 saturated heterocycles. The van der Waals surface area contributed by atoms with E-state index >= 15 is 0 Å². The summed E-state index contributed by atoms with van der Waals surface area (Å²) < 4.78 is 24.9. The topological polar surface area (TPSA) is 109 Å². The van der Waals surface area contributed by atoms with Crippen molar-refractivity contribution in [2.45, 2.75) is 0 Å². The van der Waals surface area contributed by atoms with Gasteiger partial charge in [-0.2, -0.15) is 10.5 Å². The number of nitriles is 1. The molecule has 0 aliphatic carbocycles. The molecular weight excluding hydrogens is 339 g/mol. The lowest BCUT2D eigenvalue weighted by Gasteiger charge is -2.09. The van der Waals surface area contributed by atoms with E-state index in [4.69, 9.17) is 14.7 Å². The SMILES string of the molecule is COc1cccc(Oc2ccc(NC=C(C#N)c3nn[nH]n3)cc2F)c1. The number of hydrogen-bond donors (Lipinski definition) is 2. The number of allylic oxidation sites excluding steroid dienone is 1. The normalized spacial score (nSPS) is 10.9. The van der Waals surface area contributed by atoms with Crippen LogP contribution >= 0.6 is 0 Å². The summed E-state index contributed by atoms with van der Waals surface area (Å²) in [4.78, 5) is 0. The predicted octanol–water partition coefficient (Wildman–Crippen LogP) is 3.12. The van der Waals surface area contributed by atoms with Gasteiger partial charge in [-0.25, -0.2) is 4.39 Å². The molecule has 0 amide bonds. The van der Waals surface area contributed by atoms with Gasteiger partial charge in [-0.05, 0) is 29.5 Å². The summed E-state index contributed by atoms with van der Waals surface area (Å²) in [5.41, 5.74) is 0.576. The third-order valence-electron chi connectivity index (χ3n) is 3.29. The second-order valence-corrected chi connectivity index (χ2v) is 4.98. The minimum absolute atomic E-state index is 0.0615. The van der Waals surface area contributed by atoms with E-state index in [0.29, 0.717) is 17.2 Å². The van der Waals surface area contributed by atoms with Crippen molar-refractivity contribution in [2.75, 3.05) is 12.4 Å². The lowest BCUT2D eigenvalue weighted by molar-refractivity contribution is 0.405. The van der Waals surface area contributed by atoms with Crippen LogP contribution in [0.2, 0.25) is 0 Å². The molecule has 8 nitrogen and oxygen atoms in total. The number of rotatable bonds is 6. The lowest BCUT2D eigenvalue weighted by Crippen LogP contribution is -1.95. The molecule has 1 heterocycles. The van der Waals surface area contributed by atoms with E-state index in [2.05, 4.69) is 25.9 Å². The smallest absolute Gasteiger partial charge is 0.216 e. The van der Waals surface area contributed by atoms with Crippen molar-refractivity contribution in [3.8, 4) is 23.3 Å². The third-order valence-corrected chi connectivity index (χ3v) is 3.29. The quantitative estimate of drug-likeness (QED) is 0.656. The first-order valence-corrected chi connectivity index (χ1v) is 7.41. The Bertz CT molecular complexity index is 966. The fourth-order valence-corrected chi connectivity index (χ4v) is 2.04. The van der Waals surface area contributed by atoms with Crippen LogP contribution in [0.4, 0.5) is 10.1 Å². The average Bonchev–Trinajstić information content (AvgIpc) is 3.19. The Hall–Kier alpha value is -3.93. The Morgan fingerprint density at radius 1 is 1.27 bits per heavy atom. The van der Waals surface area contributed by atoms with Crippen LogP contribution in [-0.4, -0.2) is 27.7 Å². The highest BCUT2D eigenvalue weighted by Crippen LogP contribution is 2.28. The minimum Gasteiger partial charge on any atom is -0.497 e. The van der Waals surface area contributed by atoms with Crippen molar-refractivity contribution < 1.29 is 13.9 Å². The fourth-order valence-electron chi connectivity index (χ4n) is 2.04. The van der Waals surface area contributed by atoms with Crippen LogP contribution in [-0.2, 0) is 0 Å². The number of nitrogens with one attached hydrogen (secondary N) is 2. The molecule has 2 N–H and O–H groups in total. The Morgan fingerprint density at radius 3 is 2.81 bits per heavy atom. The number of tetrazole rings is 1. The third kappa shape index (κ3) is 3.93. The molecule has 26 heavy (non-hydrogen) atoms. The number of ether oxygens (including phenoxy) is 2. The number of aromatic amines is 1. The van der Waals surface area contributed by atoms with Crippen LogP contribution in [0.25, 0.3) is 5.57 Å². The van der Waals surface area contributed by atoms with Gasteiger partial charge in [-0.15, -0.1) is 10.2 Å². The molecule has 0 saturated carbocycles. The van der Waals surface area contributed by atoms with E-state index < -0.39 is 5.82 Å². The Labute approximate surface area is 147 Å². The van der Waals surface area contributed by atoms with Crippen molar-refractivity contribution >= 4 is 11.3 Å². The zero-order valence-electron chi connectivity index (χ0n) is 13.6. The van der Waals surface area contributed by atoms with E-state index in [-0.39, 0.29) is 17.1 Å². The molecule has 130 valence electrons. The first kappa shape index (κ1) is 16.9. The molecule has 0 bridgehead atoms. The summed E-state index contributed by atoms with van der Waals surface area (Å²) in [6.07, 6.45) is 1.36. The average molecular weight is 352 g/mol. The maximum Gasteiger partial charge on any atom is 0.216 e. The summed E-state index contributed by atoms with van der Waals surface area (Å²) in [6, 6.07) is 13.1. The summed E-state index contributed by atoms with van der Waals surface area (Å²) in [5, 5.41) is 25.0. The van der Waals surface area contributed by atoms with Crippen LogP contribution in [0.3, 0.4) is 0 Å². The van der Waals surface area contributed by atoms with E-state index in [1.54, 1.807) is 30.3 Å². The molecule has 3 rings (SSSR count). The van der Waals surface area contributed by atoms with Gasteiger partial charge in [0.15, 0.2) is 11.6 Å². The van der Waals surface area contributed by atoms with Crippen molar-refractivity contribution in [3.05, 3.63) is 60.3 Å². The second-order valence-electron chi connectivity index (χ2n) is 4.98. The number of nitrogens with zero attached hydrogens (tertiary/aromatic N) is 4. The number of aromatic nitrogens is 4. The van der Waals surface area contributed by atoms with E-state index in [1.165, 1.54) is 25.4 Å².